The zero-order valence-corrected chi connectivity index (χ0v) is 9.53. The molecule has 0 fully saturated rings. The first-order chi connectivity index (χ1) is 6.74. The van der Waals surface area contributed by atoms with Crippen LogP contribution in [0, 0.1) is 0 Å². The van der Waals surface area contributed by atoms with Gasteiger partial charge in [-0.25, -0.2) is 0 Å². The van der Waals surface area contributed by atoms with Crippen LogP contribution in [0.15, 0.2) is 30.3 Å². The molecule has 78 valence electrons. The van der Waals surface area contributed by atoms with Gasteiger partial charge >= 0.3 is 0 Å². The second kappa shape index (κ2) is 5.82. The lowest BCUT2D eigenvalue weighted by Gasteiger charge is -2.20. The summed E-state index contributed by atoms with van der Waals surface area (Å²) in [5, 5.41) is 0. The average Bonchev–Trinajstić information content (AvgIpc) is 2.19. The van der Waals surface area contributed by atoms with Crippen molar-refractivity contribution in [1.29, 1.82) is 0 Å². The summed E-state index contributed by atoms with van der Waals surface area (Å²) in [5.41, 5.74) is 1.44. The first-order valence-corrected chi connectivity index (χ1v) is 5.47. The minimum atomic E-state index is 0.632. The summed E-state index contributed by atoms with van der Waals surface area (Å²) >= 11 is 0. The summed E-state index contributed by atoms with van der Waals surface area (Å²) in [6.07, 6.45) is 1.23. The van der Waals surface area contributed by atoms with E-state index in [4.69, 9.17) is 0 Å². The molecule has 0 N–H and O–H groups in total. The number of hydrogen-bond donors (Lipinski definition) is 0. The zero-order valence-electron chi connectivity index (χ0n) is 9.53. The normalized spacial score (nSPS) is 13.1. The first-order valence-electron chi connectivity index (χ1n) is 5.47. The first kappa shape index (κ1) is 11.3. The van der Waals surface area contributed by atoms with Crippen LogP contribution in [0.2, 0.25) is 0 Å². The average molecular weight is 191 g/mol. The van der Waals surface area contributed by atoms with Crippen molar-refractivity contribution in [1.82, 2.24) is 4.90 Å². The molecule has 1 atom stereocenters. The van der Waals surface area contributed by atoms with Crippen molar-refractivity contribution in [2.24, 2.45) is 0 Å². The Kier molecular flexibility index (Phi) is 4.68. The predicted octanol–water partition coefficient (Wildman–Crippen LogP) is 3.13. The molecule has 0 aliphatic heterocycles. The highest BCUT2D eigenvalue weighted by atomic mass is 15.1. The van der Waals surface area contributed by atoms with Crippen molar-refractivity contribution >= 4 is 0 Å². The monoisotopic (exact) mass is 191 g/mol. The molecular formula is C13H21N. The third-order valence-electron chi connectivity index (χ3n) is 2.56. The maximum absolute atomic E-state index is 2.40. The van der Waals surface area contributed by atoms with Gasteiger partial charge in [-0.2, -0.15) is 0 Å². The molecule has 1 aromatic rings. The topological polar surface area (TPSA) is 3.24 Å². The number of hydrogen-bond acceptors (Lipinski definition) is 1. The van der Waals surface area contributed by atoms with Crippen LogP contribution in [0.25, 0.3) is 0 Å². The molecule has 1 rings (SSSR count). The van der Waals surface area contributed by atoms with Crippen LogP contribution in [0.4, 0.5) is 0 Å². The van der Waals surface area contributed by atoms with Crippen molar-refractivity contribution in [2.45, 2.75) is 26.2 Å². The molecule has 1 unspecified atom stereocenters. The van der Waals surface area contributed by atoms with Gasteiger partial charge in [-0.1, -0.05) is 44.2 Å². The van der Waals surface area contributed by atoms with E-state index in [9.17, 15) is 0 Å². The molecule has 1 heteroatoms. The van der Waals surface area contributed by atoms with Gasteiger partial charge in [0.1, 0.15) is 0 Å². The van der Waals surface area contributed by atoms with Gasteiger partial charge < -0.3 is 4.90 Å². The fraction of sp³-hybridized carbons (Fsp3) is 0.538. The number of rotatable bonds is 5. The summed E-state index contributed by atoms with van der Waals surface area (Å²) in [6, 6.07) is 10.7. The number of benzene rings is 1. The summed E-state index contributed by atoms with van der Waals surface area (Å²) in [6.45, 7) is 6.86. The minimum absolute atomic E-state index is 0.632. The number of likely N-dealkylation sites (N-methyl/N-ethyl adjacent to an activating group) is 1. The van der Waals surface area contributed by atoms with E-state index in [1.54, 1.807) is 0 Å². The van der Waals surface area contributed by atoms with Gasteiger partial charge in [-0.15, -0.1) is 0 Å². The molecule has 0 radical (unpaired) electrons. The standard InChI is InChI=1S/C13H21N/c1-4-10-14(3)11-12(2)13-8-6-5-7-9-13/h5-9,12H,4,10-11H2,1-3H3. The summed E-state index contributed by atoms with van der Waals surface area (Å²) < 4.78 is 0. The summed E-state index contributed by atoms with van der Waals surface area (Å²) in [7, 11) is 2.20. The fourth-order valence-electron chi connectivity index (χ4n) is 1.83. The summed E-state index contributed by atoms with van der Waals surface area (Å²) in [5.74, 6) is 0.632. The van der Waals surface area contributed by atoms with Gasteiger partial charge in [0, 0.05) is 6.54 Å². The van der Waals surface area contributed by atoms with Gasteiger partial charge in [0.05, 0.1) is 0 Å². The molecule has 1 aromatic carbocycles. The Labute approximate surface area is 87.7 Å². The van der Waals surface area contributed by atoms with E-state index < -0.39 is 0 Å². The fourth-order valence-corrected chi connectivity index (χ4v) is 1.83. The maximum atomic E-state index is 2.40. The largest absolute Gasteiger partial charge is 0.306 e. The molecule has 0 amide bonds. The third kappa shape index (κ3) is 3.51. The Bertz CT molecular complexity index is 243. The Morgan fingerprint density at radius 2 is 1.86 bits per heavy atom. The SMILES string of the molecule is CCCN(C)CC(C)c1ccccc1. The second-order valence-electron chi connectivity index (χ2n) is 4.07. The highest BCUT2D eigenvalue weighted by Gasteiger charge is 2.07. The van der Waals surface area contributed by atoms with Crippen molar-refractivity contribution in [2.75, 3.05) is 20.1 Å². The third-order valence-corrected chi connectivity index (χ3v) is 2.56. The maximum Gasteiger partial charge on any atom is 0.00445 e. The molecule has 0 saturated heterocycles. The van der Waals surface area contributed by atoms with E-state index in [1.165, 1.54) is 18.5 Å². The molecule has 0 spiro atoms. The molecule has 1 nitrogen and oxygen atoms in total. The van der Waals surface area contributed by atoms with E-state index in [1.807, 2.05) is 0 Å². The van der Waals surface area contributed by atoms with Crippen LogP contribution in [-0.2, 0) is 0 Å². The predicted molar refractivity (Wildman–Crippen MR) is 62.6 cm³/mol. The lowest BCUT2D eigenvalue weighted by Crippen LogP contribution is -2.24. The molecule has 14 heavy (non-hydrogen) atoms. The van der Waals surface area contributed by atoms with Crippen LogP contribution >= 0.6 is 0 Å². The smallest absolute Gasteiger partial charge is 0.00445 e. The van der Waals surface area contributed by atoms with Crippen LogP contribution in [0.1, 0.15) is 31.7 Å². The Morgan fingerprint density at radius 1 is 1.21 bits per heavy atom. The van der Waals surface area contributed by atoms with Crippen LogP contribution in [0.5, 0.6) is 0 Å². The summed E-state index contributed by atoms with van der Waals surface area (Å²) in [4.78, 5) is 2.40. The Hall–Kier alpha value is -0.820. The van der Waals surface area contributed by atoms with E-state index >= 15 is 0 Å². The van der Waals surface area contributed by atoms with Crippen LogP contribution < -0.4 is 0 Å². The van der Waals surface area contributed by atoms with E-state index in [2.05, 4.69) is 56.1 Å². The Morgan fingerprint density at radius 3 is 2.43 bits per heavy atom. The van der Waals surface area contributed by atoms with Gasteiger partial charge in [0.2, 0.25) is 0 Å². The minimum Gasteiger partial charge on any atom is -0.306 e. The number of nitrogens with zero attached hydrogens (tertiary/aromatic N) is 1. The molecular weight excluding hydrogens is 170 g/mol. The van der Waals surface area contributed by atoms with E-state index in [-0.39, 0.29) is 0 Å². The van der Waals surface area contributed by atoms with Crippen molar-refractivity contribution < 1.29 is 0 Å². The quantitative estimate of drug-likeness (QED) is 0.691. The zero-order chi connectivity index (χ0) is 10.4. The van der Waals surface area contributed by atoms with Crippen molar-refractivity contribution in [3.63, 3.8) is 0 Å². The second-order valence-corrected chi connectivity index (χ2v) is 4.07. The molecule has 0 aliphatic carbocycles. The van der Waals surface area contributed by atoms with Crippen LogP contribution in [0.3, 0.4) is 0 Å². The van der Waals surface area contributed by atoms with E-state index in [0.29, 0.717) is 5.92 Å². The van der Waals surface area contributed by atoms with Gasteiger partial charge in [-0.05, 0) is 31.5 Å². The Balaban J connectivity index is 2.46. The molecule has 0 aliphatic rings. The van der Waals surface area contributed by atoms with Gasteiger partial charge in [0.15, 0.2) is 0 Å². The highest BCUT2D eigenvalue weighted by molar-refractivity contribution is 5.18. The molecule has 0 heterocycles. The van der Waals surface area contributed by atoms with Crippen molar-refractivity contribution in [3.8, 4) is 0 Å². The van der Waals surface area contributed by atoms with Crippen LogP contribution in [-0.4, -0.2) is 25.0 Å². The van der Waals surface area contributed by atoms with Gasteiger partial charge in [-0.3, -0.25) is 0 Å². The molecule has 0 bridgehead atoms. The lowest BCUT2D eigenvalue weighted by atomic mass is 10.0. The highest BCUT2D eigenvalue weighted by Crippen LogP contribution is 2.15. The molecule has 0 saturated carbocycles. The van der Waals surface area contributed by atoms with Gasteiger partial charge in [0.25, 0.3) is 0 Å². The van der Waals surface area contributed by atoms with Crippen molar-refractivity contribution in [3.05, 3.63) is 35.9 Å². The van der Waals surface area contributed by atoms with E-state index in [0.717, 1.165) is 6.54 Å². The molecule has 0 aromatic heterocycles. The lowest BCUT2D eigenvalue weighted by molar-refractivity contribution is 0.317.